The molecule has 2 aromatic heterocycles. The molecule has 4 rings (SSSR count). The van der Waals surface area contributed by atoms with Gasteiger partial charge in [0.05, 0.1) is 11.7 Å². The number of nitrogens with zero attached hydrogens (tertiary/aromatic N) is 3. The van der Waals surface area contributed by atoms with E-state index in [9.17, 15) is 4.79 Å². The van der Waals surface area contributed by atoms with Gasteiger partial charge in [0, 0.05) is 25.0 Å². The summed E-state index contributed by atoms with van der Waals surface area (Å²) in [6.45, 7) is 1.93. The molecule has 2 N–H and O–H groups in total. The second-order valence-electron chi connectivity index (χ2n) is 7.51. The minimum atomic E-state index is -0.0472. The molecule has 1 aliphatic heterocycles. The predicted octanol–water partition coefficient (Wildman–Crippen LogP) is 3.20. The SMILES string of the molecule is O=C(NC1CCCC1)c1cc([C@@H]2CCCCN2Cc2cccnc2)[nH]n1. The van der Waals surface area contributed by atoms with Gasteiger partial charge in [-0.05, 0) is 49.9 Å². The van der Waals surface area contributed by atoms with Gasteiger partial charge in [-0.1, -0.05) is 25.3 Å². The molecule has 1 atom stereocenters. The number of rotatable bonds is 5. The van der Waals surface area contributed by atoms with E-state index in [1.165, 1.54) is 31.2 Å². The topological polar surface area (TPSA) is 73.9 Å². The number of piperidine rings is 1. The van der Waals surface area contributed by atoms with Gasteiger partial charge in [0.2, 0.25) is 0 Å². The van der Waals surface area contributed by atoms with E-state index in [-0.39, 0.29) is 11.9 Å². The Labute approximate surface area is 154 Å². The Morgan fingerprint density at radius 3 is 2.88 bits per heavy atom. The fraction of sp³-hybridized carbons (Fsp3) is 0.550. The van der Waals surface area contributed by atoms with Crippen molar-refractivity contribution in [3.8, 4) is 0 Å². The van der Waals surface area contributed by atoms with Gasteiger partial charge in [0.15, 0.2) is 0 Å². The van der Waals surface area contributed by atoms with Crippen LogP contribution in [0.5, 0.6) is 0 Å². The van der Waals surface area contributed by atoms with Crippen molar-refractivity contribution in [2.75, 3.05) is 6.54 Å². The second-order valence-corrected chi connectivity index (χ2v) is 7.51. The maximum absolute atomic E-state index is 12.5. The molecule has 0 aromatic carbocycles. The number of nitrogens with one attached hydrogen (secondary N) is 2. The van der Waals surface area contributed by atoms with Gasteiger partial charge in [-0.25, -0.2) is 0 Å². The number of carbonyl (C=O) groups is 1. The number of amides is 1. The lowest BCUT2D eigenvalue weighted by atomic mass is 9.98. The van der Waals surface area contributed by atoms with Gasteiger partial charge >= 0.3 is 0 Å². The average molecular weight is 353 g/mol. The number of hydrogen-bond acceptors (Lipinski definition) is 4. The van der Waals surface area contributed by atoms with Gasteiger partial charge in [0.1, 0.15) is 5.69 Å². The summed E-state index contributed by atoms with van der Waals surface area (Å²) >= 11 is 0. The van der Waals surface area contributed by atoms with E-state index in [2.05, 4.69) is 31.5 Å². The van der Waals surface area contributed by atoms with Crippen molar-refractivity contribution in [1.29, 1.82) is 0 Å². The summed E-state index contributed by atoms with van der Waals surface area (Å²) in [6.07, 6.45) is 11.8. The molecular weight excluding hydrogens is 326 g/mol. The Hall–Kier alpha value is -2.21. The van der Waals surface area contributed by atoms with Crippen LogP contribution >= 0.6 is 0 Å². The summed E-state index contributed by atoms with van der Waals surface area (Å²) < 4.78 is 0. The van der Waals surface area contributed by atoms with Gasteiger partial charge in [-0.15, -0.1) is 0 Å². The Balaban J connectivity index is 1.44. The number of likely N-dealkylation sites (tertiary alicyclic amines) is 1. The van der Waals surface area contributed by atoms with Crippen molar-refractivity contribution < 1.29 is 4.79 Å². The lowest BCUT2D eigenvalue weighted by Gasteiger charge is -2.34. The number of carbonyl (C=O) groups excluding carboxylic acids is 1. The monoisotopic (exact) mass is 353 g/mol. The van der Waals surface area contributed by atoms with Crippen molar-refractivity contribution >= 4 is 5.91 Å². The van der Waals surface area contributed by atoms with Crippen molar-refractivity contribution in [3.63, 3.8) is 0 Å². The summed E-state index contributed by atoms with van der Waals surface area (Å²) in [5.74, 6) is -0.0472. The van der Waals surface area contributed by atoms with E-state index in [1.54, 1.807) is 6.20 Å². The van der Waals surface area contributed by atoms with E-state index in [0.29, 0.717) is 11.7 Å². The molecule has 6 heteroatoms. The zero-order valence-electron chi connectivity index (χ0n) is 15.2. The zero-order valence-corrected chi connectivity index (χ0v) is 15.2. The molecule has 0 spiro atoms. The minimum absolute atomic E-state index is 0.0472. The normalized spacial score (nSPS) is 21.8. The Morgan fingerprint density at radius 1 is 1.23 bits per heavy atom. The fourth-order valence-electron chi connectivity index (χ4n) is 4.21. The van der Waals surface area contributed by atoms with Crippen LogP contribution in [-0.4, -0.2) is 38.6 Å². The molecule has 1 saturated heterocycles. The molecule has 3 heterocycles. The first-order valence-corrected chi connectivity index (χ1v) is 9.79. The van der Waals surface area contributed by atoms with E-state index in [0.717, 1.165) is 38.0 Å². The lowest BCUT2D eigenvalue weighted by molar-refractivity contribution is 0.0932. The van der Waals surface area contributed by atoms with Gasteiger partial charge in [0.25, 0.3) is 5.91 Å². The number of aromatic nitrogens is 3. The third-order valence-electron chi connectivity index (χ3n) is 5.60. The summed E-state index contributed by atoms with van der Waals surface area (Å²) in [6, 6.07) is 6.64. The smallest absolute Gasteiger partial charge is 0.271 e. The number of H-pyrrole nitrogens is 1. The third kappa shape index (κ3) is 3.96. The highest BCUT2D eigenvalue weighted by atomic mass is 16.2. The van der Waals surface area contributed by atoms with E-state index in [1.807, 2.05) is 18.3 Å². The van der Waals surface area contributed by atoms with Crippen LogP contribution in [0.4, 0.5) is 0 Å². The Kier molecular flexibility index (Phi) is 5.29. The third-order valence-corrected chi connectivity index (χ3v) is 5.60. The molecule has 0 radical (unpaired) electrons. The van der Waals surface area contributed by atoms with Crippen molar-refractivity contribution in [2.45, 2.75) is 63.6 Å². The summed E-state index contributed by atoms with van der Waals surface area (Å²) in [5.41, 5.74) is 2.78. The van der Waals surface area contributed by atoms with Crippen LogP contribution in [0.1, 0.15) is 72.7 Å². The zero-order chi connectivity index (χ0) is 17.8. The van der Waals surface area contributed by atoms with E-state index < -0.39 is 0 Å². The molecule has 1 amide bonds. The van der Waals surface area contributed by atoms with Crippen LogP contribution < -0.4 is 5.32 Å². The predicted molar refractivity (Wildman–Crippen MR) is 99.5 cm³/mol. The first kappa shape index (κ1) is 17.2. The Bertz CT molecular complexity index is 723. The largest absolute Gasteiger partial charge is 0.348 e. The number of hydrogen-bond donors (Lipinski definition) is 2. The number of pyridine rings is 1. The first-order chi connectivity index (χ1) is 12.8. The molecule has 1 aliphatic carbocycles. The number of aromatic amines is 1. The molecule has 6 nitrogen and oxygen atoms in total. The average Bonchev–Trinajstić information content (AvgIpc) is 3.35. The standard InChI is InChI=1S/C20H27N5O/c26-20(22-16-7-1-2-8-16)18-12-17(23-24-18)19-9-3-4-11-25(19)14-15-6-5-10-21-13-15/h5-6,10,12-13,16,19H,1-4,7-9,11,14H2,(H,22,26)(H,23,24)/t19-/m0/s1. The molecule has 2 aromatic rings. The highest BCUT2D eigenvalue weighted by Gasteiger charge is 2.27. The van der Waals surface area contributed by atoms with Crippen molar-refractivity contribution in [2.24, 2.45) is 0 Å². The highest BCUT2D eigenvalue weighted by molar-refractivity contribution is 5.92. The molecule has 2 fully saturated rings. The van der Waals surface area contributed by atoms with Crippen LogP contribution in [0.2, 0.25) is 0 Å². The van der Waals surface area contributed by atoms with Gasteiger partial charge < -0.3 is 5.32 Å². The van der Waals surface area contributed by atoms with Crippen LogP contribution in [0, 0.1) is 0 Å². The van der Waals surface area contributed by atoms with Crippen molar-refractivity contribution in [3.05, 3.63) is 47.5 Å². The summed E-state index contributed by atoms with van der Waals surface area (Å²) in [4.78, 5) is 19.1. The quantitative estimate of drug-likeness (QED) is 0.866. The molecule has 138 valence electrons. The second kappa shape index (κ2) is 7.99. The Morgan fingerprint density at radius 2 is 2.08 bits per heavy atom. The maximum atomic E-state index is 12.5. The van der Waals surface area contributed by atoms with Crippen LogP contribution in [0.15, 0.2) is 30.6 Å². The lowest BCUT2D eigenvalue weighted by Crippen LogP contribution is -2.33. The van der Waals surface area contributed by atoms with Crippen molar-refractivity contribution in [1.82, 2.24) is 25.4 Å². The molecule has 2 aliphatic rings. The highest BCUT2D eigenvalue weighted by Crippen LogP contribution is 2.31. The van der Waals surface area contributed by atoms with Crippen LogP contribution in [0.25, 0.3) is 0 Å². The molecule has 1 saturated carbocycles. The van der Waals surface area contributed by atoms with Crippen LogP contribution in [0.3, 0.4) is 0 Å². The summed E-state index contributed by atoms with van der Waals surface area (Å²) in [5, 5.41) is 10.5. The van der Waals surface area contributed by atoms with E-state index in [4.69, 9.17) is 0 Å². The molecular formula is C20H27N5O. The maximum Gasteiger partial charge on any atom is 0.271 e. The molecule has 0 bridgehead atoms. The molecule has 0 unspecified atom stereocenters. The van der Waals surface area contributed by atoms with Crippen LogP contribution in [-0.2, 0) is 6.54 Å². The van der Waals surface area contributed by atoms with E-state index >= 15 is 0 Å². The van der Waals surface area contributed by atoms with Gasteiger partial charge in [-0.2, -0.15) is 5.10 Å². The van der Waals surface area contributed by atoms with Gasteiger partial charge in [-0.3, -0.25) is 19.8 Å². The summed E-state index contributed by atoms with van der Waals surface area (Å²) in [7, 11) is 0. The minimum Gasteiger partial charge on any atom is -0.348 e. The fourth-order valence-corrected chi connectivity index (χ4v) is 4.21. The first-order valence-electron chi connectivity index (χ1n) is 9.79. The molecule has 26 heavy (non-hydrogen) atoms.